The fourth-order valence-electron chi connectivity index (χ4n) is 2.77. The second-order valence-electron chi connectivity index (χ2n) is 5.23. The fourth-order valence-corrected chi connectivity index (χ4v) is 2.97. The lowest BCUT2D eigenvalue weighted by atomic mass is 9.99. The third-order valence-electron chi connectivity index (χ3n) is 3.95. The first-order valence-electron chi connectivity index (χ1n) is 7.60. The van der Waals surface area contributed by atoms with E-state index in [0.717, 1.165) is 38.3 Å². The number of hydrogen-bond acceptors (Lipinski definition) is 4. The molecule has 0 radical (unpaired) electrons. The maximum Gasteiger partial charge on any atom is 0.137 e. The topological polar surface area (TPSA) is 33.7 Å². The summed E-state index contributed by atoms with van der Waals surface area (Å²) >= 11 is 6.12. The highest BCUT2D eigenvalue weighted by molar-refractivity contribution is 6.32. The van der Waals surface area contributed by atoms with Gasteiger partial charge in [-0.1, -0.05) is 31.5 Å². The molecular weight excluding hydrogens is 288 g/mol. The van der Waals surface area contributed by atoms with Crippen molar-refractivity contribution in [1.29, 1.82) is 0 Å². The van der Waals surface area contributed by atoms with Crippen LogP contribution in [-0.2, 0) is 4.74 Å². The Morgan fingerprint density at radius 1 is 1.48 bits per heavy atom. The number of benzene rings is 1. The Bertz CT molecular complexity index is 456. The molecule has 1 heterocycles. The number of likely N-dealkylation sites (N-methyl/N-ethyl adjacent to an activating group) is 2. The molecule has 1 saturated heterocycles. The molecule has 5 heteroatoms. The van der Waals surface area contributed by atoms with Crippen molar-refractivity contribution < 1.29 is 9.47 Å². The number of ether oxygens (including phenoxy) is 2. The molecule has 1 N–H and O–H groups in total. The Morgan fingerprint density at radius 2 is 2.29 bits per heavy atom. The lowest BCUT2D eigenvalue weighted by molar-refractivity contribution is -0.0453. The molecule has 2 unspecified atom stereocenters. The van der Waals surface area contributed by atoms with Crippen molar-refractivity contribution in [3.05, 3.63) is 28.8 Å². The molecule has 0 saturated carbocycles. The number of methoxy groups -OCH3 is 1. The third-order valence-corrected chi connectivity index (χ3v) is 4.27. The quantitative estimate of drug-likeness (QED) is 0.876. The van der Waals surface area contributed by atoms with Gasteiger partial charge in [0.05, 0.1) is 30.9 Å². The minimum absolute atomic E-state index is 0.143. The molecule has 1 aliphatic rings. The minimum atomic E-state index is 0.143. The van der Waals surface area contributed by atoms with E-state index in [1.54, 1.807) is 7.11 Å². The van der Waals surface area contributed by atoms with Gasteiger partial charge < -0.3 is 14.8 Å². The number of hydrogen-bond donors (Lipinski definition) is 1. The van der Waals surface area contributed by atoms with Crippen molar-refractivity contribution in [3.63, 3.8) is 0 Å². The zero-order chi connectivity index (χ0) is 15.2. The lowest BCUT2D eigenvalue weighted by Crippen LogP contribution is -2.48. The summed E-state index contributed by atoms with van der Waals surface area (Å²) in [6.07, 6.45) is 0.143. The van der Waals surface area contributed by atoms with E-state index in [9.17, 15) is 0 Å². The number of morpholine rings is 1. The van der Waals surface area contributed by atoms with Crippen molar-refractivity contribution in [2.75, 3.05) is 39.9 Å². The highest BCUT2D eigenvalue weighted by Crippen LogP contribution is 2.30. The smallest absolute Gasteiger partial charge is 0.137 e. The van der Waals surface area contributed by atoms with Gasteiger partial charge in [0.15, 0.2) is 0 Å². The Hall–Kier alpha value is -0.810. The molecule has 2 atom stereocenters. The van der Waals surface area contributed by atoms with Crippen LogP contribution in [0.25, 0.3) is 0 Å². The standard InChI is InChI=1S/C16H25ClN2O2/c1-4-18-16(15-11-19(5-2)8-9-21-15)12-6-7-13(17)14(10-12)20-3/h6-7,10,15-16,18H,4-5,8-9,11H2,1-3H3. The molecule has 0 spiro atoms. The summed E-state index contributed by atoms with van der Waals surface area (Å²) in [5.74, 6) is 0.709. The molecule has 0 aliphatic carbocycles. The van der Waals surface area contributed by atoms with Gasteiger partial charge in [0.25, 0.3) is 0 Å². The van der Waals surface area contributed by atoms with Crippen molar-refractivity contribution >= 4 is 11.6 Å². The largest absolute Gasteiger partial charge is 0.495 e. The van der Waals surface area contributed by atoms with Gasteiger partial charge >= 0.3 is 0 Å². The zero-order valence-corrected chi connectivity index (χ0v) is 13.8. The molecule has 0 aromatic heterocycles. The molecule has 1 aliphatic heterocycles. The van der Waals surface area contributed by atoms with Gasteiger partial charge in [-0.3, -0.25) is 4.90 Å². The second kappa shape index (κ2) is 7.99. The maximum atomic E-state index is 6.12. The fraction of sp³-hybridized carbons (Fsp3) is 0.625. The average Bonchev–Trinajstić information content (AvgIpc) is 2.53. The van der Waals surface area contributed by atoms with Crippen LogP contribution < -0.4 is 10.1 Å². The van der Waals surface area contributed by atoms with Gasteiger partial charge in [-0.2, -0.15) is 0 Å². The van der Waals surface area contributed by atoms with Crippen LogP contribution in [0.2, 0.25) is 5.02 Å². The summed E-state index contributed by atoms with van der Waals surface area (Å²) in [5.41, 5.74) is 1.15. The normalized spacial score (nSPS) is 21.2. The molecule has 2 rings (SSSR count). The number of nitrogens with one attached hydrogen (secondary N) is 1. The first kappa shape index (κ1) is 16.6. The average molecular weight is 313 g/mol. The molecule has 118 valence electrons. The first-order chi connectivity index (χ1) is 10.2. The highest BCUT2D eigenvalue weighted by Gasteiger charge is 2.28. The van der Waals surface area contributed by atoms with Crippen molar-refractivity contribution in [2.24, 2.45) is 0 Å². The van der Waals surface area contributed by atoms with Crippen LogP contribution in [0.5, 0.6) is 5.75 Å². The number of nitrogens with zero attached hydrogens (tertiary/aromatic N) is 1. The molecule has 0 amide bonds. The van der Waals surface area contributed by atoms with E-state index in [0.29, 0.717) is 10.8 Å². The minimum Gasteiger partial charge on any atom is -0.495 e. The maximum absolute atomic E-state index is 6.12. The molecular formula is C16H25ClN2O2. The van der Waals surface area contributed by atoms with Gasteiger partial charge in [-0.25, -0.2) is 0 Å². The predicted molar refractivity (Wildman–Crippen MR) is 86.3 cm³/mol. The zero-order valence-electron chi connectivity index (χ0n) is 13.1. The number of rotatable bonds is 6. The van der Waals surface area contributed by atoms with Gasteiger partial charge in [-0.05, 0) is 30.8 Å². The highest BCUT2D eigenvalue weighted by atomic mass is 35.5. The van der Waals surface area contributed by atoms with Crippen LogP contribution in [0.4, 0.5) is 0 Å². The Kier molecular flexibility index (Phi) is 6.30. The van der Waals surface area contributed by atoms with Crippen LogP contribution in [0, 0.1) is 0 Å². The number of halogens is 1. The summed E-state index contributed by atoms with van der Waals surface area (Å²) in [5, 5.41) is 4.17. The summed E-state index contributed by atoms with van der Waals surface area (Å²) in [7, 11) is 1.64. The molecule has 1 aromatic rings. The summed E-state index contributed by atoms with van der Waals surface area (Å²) in [6.45, 7) is 8.99. The lowest BCUT2D eigenvalue weighted by Gasteiger charge is -2.37. The van der Waals surface area contributed by atoms with E-state index in [-0.39, 0.29) is 12.1 Å². The van der Waals surface area contributed by atoms with E-state index < -0.39 is 0 Å². The van der Waals surface area contributed by atoms with E-state index in [4.69, 9.17) is 21.1 Å². The van der Waals surface area contributed by atoms with Gasteiger partial charge in [0, 0.05) is 13.1 Å². The monoisotopic (exact) mass is 312 g/mol. The van der Waals surface area contributed by atoms with Crippen LogP contribution in [0.3, 0.4) is 0 Å². The molecule has 0 bridgehead atoms. The van der Waals surface area contributed by atoms with Crippen molar-refractivity contribution in [1.82, 2.24) is 10.2 Å². The molecule has 1 aromatic carbocycles. The van der Waals surface area contributed by atoms with Crippen molar-refractivity contribution in [3.8, 4) is 5.75 Å². The van der Waals surface area contributed by atoms with Crippen LogP contribution >= 0.6 is 11.6 Å². The summed E-state index contributed by atoms with van der Waals surface area (Å²) in [6, 6.07) is 6.09. The van der Waals surface area contributed by atoms with E-state index in [2.05, 4.69) is 24.1 Å². The van der Waals surface area contributed by atoms with E-state index >= 15 is 0 Å². The van der Waals surface area contributed by atoms with Gasteiger partial charge in [0.2, 0.25) is 0 Å². The van der Waals surface area contributed by atoms with Crippen LogP contribution in [-0.4, -0.2) is 50.9 Å². The van der Waals surface area contributed by atoms with Gasteiger partial charge in [0.1, 0.15) is 5.75 Å². The Balaban J connectivity index is 2.21. The van der Waals surface area contributed by atoms with Gasteiger partial charge in [-0.15, -0.1) is 0 Å². The van der Waals surface area contributed by atoms with Crippen LogP contribution in [0.1, 0.15) is 25.5 Å². The first-order valence-corrected chi connectivity index (χ1v) is 7.98. The van der Waals surface area contributed by atoms with Crippen molar-refractivity contribution in [2.45, 2.75) is 26.0 Å². The molecule has 1 fully saturated rings. The molecule has 4 nitrogen and oxygen atoms in total. The summed E-state index contributed by atoms with van der Waals surface area (Å²) < 4.78 is 11.3. The Labute approximate surface area is 132 Å². The summed E-state index contributed by atoms with van der Waals surface area (Å²) in [4.78, 5) is 2.42. The Morgan fingerprint density at radius 3 is 2.95 bits per heavy atom. The predicted octanol–water partition coefficient (Wildman–Crippen LogP) is 2.72. The van der Waals surface area contributed by atoms with E-state index in [1.807, 2.05) is 18.2 Å². The van der Waals surface area contributed by atoms with Crippen LogP contribution in [0.15, 0.2) is 18.2 Å². The third kappa shape index (κ3) is 4.10. The van der Waals surface area contributed by atoms with E-state index in [1.165, 1.54) is 0 Å². The molecule has 21 heavy (non-hydrogen) atoms. The SMILES string of the molecule is CCNC(c1ccc(Cl)c(OC)c1)C1CN(CC)CCO1. The second-order valence-corrected chi connectivity index (χ2v) is 5.64.